The maximum Gasteiger partial charge on any atom is 0.237 e. The first-order valence-electron chi connectivity index (χ1n) is 7.04. The number of nitrogens with zero attached hydrogens (tertiary/aromatic N) is 1. The highest BCUT2D eigenvalue weighted by Crippen LogP contribution is 2.28. The number of rotatable bonds is 4. The van der Waals surface area contributed by atoms with Gasteiger partial charge in [0, 0.05) is 10.6 Å². The molecule has 0 aliphatic carbocycles. The van der Waals surface area contributed by atoms with Crippen molar-refractivity contribution in [3.05, 3.63) is 59.2 Å². The molecule has 3 nitrogen and oxygen atoms in total. The predicted molar refractivity (Wildman–Crippen MR) is 91.0 cm³/mol. The number of benzene rings is 2. The average molecular weight is 310 g/mol. The molecule has 2 rings (SSSR count). The van der Waals surface area contributed by atoms with E-state index in [9.17, 15) is 4.79 Å². The van der Waals surface area contributed by atoms with Gasteiger partial charge in [0.05, 0.1) is 16.9 Å². The summed E-state index contributed by atoms with van der Waals surface area (Å²) in [5, 5.41) is 11.4. The summed E-state index contributed by atoms with van der Waals surface area (Å²) in [6, 6.07) is 15.2. The fraction of sp³-hybridized carbons (Fsp3) is 0.222. The third-order valence-corrected chi connectivity index (χ3v) is 4.56. The first kappa shape index (κ1) is 16.1. The van der Waals surface area contributed by atoms with Gasteiger partial charge in [0.15, 0.2) is 0 Å². The Morgan fingerprint density at radius 2 is 1.86 bits per heavy atom. The molecule has 2 aromatic carbocycles. The molecule has 1 atom stereocenters. The standard InChI is InChI=1S/C18H18N2OS/c1-12-4-9-17(13(2)10-12)22-14(3)18(21)20-16-7-5-15(11-19)6-8-16/h4-10,14H,1-3H3,(H,20,21)/t14-/m0/s1. The Kier molecular flexibility index (Phi) is 5.24. The van der Waals surface area contributed by atoms with E-state index in [0.29, 0.717) is 11.3 Å². The molecule has 0 heterocycles. The van der Waals surface area contributed by atoms with Crippen LogP contribution in [-0.2, 0) is 4.79 Å². The SMILES string of the molecule is Cc1ccc(S[C@@H](C)C(=O)Nc2ccc(C#N)cc2)c(C)c1. The highest BCUT2D eigenvalue weighted by atomic mass is 32.2. The first-order valence-corrected chi connectivity index (χ1v) is 7.92. The van der Waals surface area contributed by atoms with Crippen LogP contribution in [0.5, 0.6) is 0 Å². The minimum absolute atomic E-state index is 0.0466. The summed E-state index contributed by atoms with van der Waals surface area (Å²) >= 11 is 1.55. The van der Waals surface area contributed by atoms with Crippen molar-refractivity contribution in [2.75, 3.05) is 5.32 Å². The molecule has 2 aromatic rings. The topological polar surface area (TPSA) is 52.9 Å². The summed E-state index contributed by atoms with van der Waals surface area (Å²) in [7, 11) is 0. The Morgan fingerprint density at radius 1 is 1.18 bits per heavy atom. The van der Waals surface area contributed by atoms with E-state index in [0.717, 1.165) is 4.90 Å². The zero-order valence-corrected chi connectivity index (χ0v) is 13.7. The highest BCUT2D eigenvalue weighted by molar-refractivity contribution is 8.00. The fourth-order valence-electron chi connectivity index (χ4n) is 2.05. The molecule has 0 aromatic heterocycles. The van der Waals surface area contributed by atoms with Crippen LogP contribution in [0.25, 0.3) is 0 Å². The lowest BCUT2D eigenvalue weighted by Crippen LogP contribution is -2.22. The number of hydrogen-bond acceptors (Lipinski definition) is 3. The third kappa shape index (κ3) is 4.12. The minimum atomic E-state index is -0.197. The van der Waals surface area contributed by atoms with Gasteiger partial charge in [0.1, 0.15) is 0 Å². The highest BCUT2D eigenvalue weighted by Gasteiger charge is 2.15. The lowest BCUT2D eigenvalue weighted by Gasteiger charge is -2.14. The molecule has 22 heavy (non-hydrogen) atoms. The number of nitrogens with one attached hydrogen (secondary N) is 1. The van der Waals surface area contributed by atoms with Crippen molar-refractivity contribution < 1.29 is 4.79 Å². The Bertz CT molecular complexity index is 717. The van der Waals surface area contributed by atoms with E-state index in [4.69, 9.17) is 5.26 Å². The third-order valence-electron chi connectivity index (χ3n) is 3.28. The molecule has 4 heteroatoms. The number of carbonyl (C=O) groups is 1. The molecule has 0 saturated carbocycles. The smallest absolute Gasteiger partial charge is 0.237 e. The van der Waals surface area contributed by atoms with Crippen LogP contribution in [0.2, 0.25) is 0 Å². The fourth-order valence-corrected chi connectivity index (χ4v) is 2.99. The van der Waals surface area contributed by atoms with Crippen molar-refractivity contribution in [2.45, 2.75) is 30.9 Å². The zero-order chi connectivity index (χ0) is 16.1. The molecule has 0 radical (unpaired) electrons. The van der Waals surface area contributed by atoms with Crippen molar-refractivity contribution in [1.29, 1.82) is 5.26 Å². The van der Waals surface area contributed by atoms with Gasteiger partial charge < -0.3 is 5.32 Å². The lowest BCUT2D eigenvalue weighted by atomic mass is 10.2. The van der Waals surface area contributed by atoms with Gasteiger partial charge in [-0.25, -0.2) is 0 Å². The summed E-state index contributed by atoms with van der Waals surface area (Å²) < 4.78 is 0. The van der Waals surface area contributed by atoms with Gasteiger partial charge in [-0.3, -0.25) is 4.79 Å². The van der Waals surface area contributed by atoms with Gasteiger partial charge in [-0.1, -0.05) is 17.7 Å². The van der Waals surface area contributed by atoms with Crippen LogP contribution in [0.3, 0.4) is 0 Å². The molecule has 1 N–H and O–H groups in total. The number of aryl methyl sites for hydroxylation is 2. The molecular weight excluding hydrogens is 292 g/mol. The van der Waals surface area contributed by atoms with Gasteiger partial charge in [-0.15, -0.1) is 11.8 Å². The molecule has 0 fully saturated rings. The summed E-state index contributed by atoms with van der Waals surface area (Å²) in [5.74, 6) is -0.0466. The Morgan fingerprint density at radius 3 is 2.45 bits per heavy atom. The molecule has 112 valence electrons. The van der Waals surface area contributed by atoms with Crippen LogP contribution in [0.4, 0.5) is 5.69 Å². The first-order chi connectivity index (χ1) is 10.5. The maximum absolute atomic E-state index is 12.3. The minimum Gasteiger partial charge on any atom is -0.325 e. The Balaban J connectivity index is 2.01. The molecule has 0 unspecified atom stereocenters. The summed E-state index contributed by atoms with van der Waals surface area (Å²) in [5.41, 5.74) is 3.69. The van der Waals surface area contributed by atoms with E-state index in [1.807, 2.05) is 6.92 Å². The van der Waals surface area contributed by atoms with Crippen LogP contribution in [-0.4, -0.2) is 11.2 Å². The molecule has 1 amide bonds. The average Bonchev–Trinajstić information content (AvgIpc) is 2.50. The summed E-state index contributed by atoms with van der Waals surface area (Å²) in [4.78, 5) is 13.4. The van der Waals surface area contributed by atoms with Crippen LogP contribution in [0.15, 0.2) is 47.4 Å². The second-order valence-electron chi connectivity index (χ2n) is 5.21. The maximum atomic E-state index is 12.3. The van der Waals surface area contributed by atoms with Crippen molar-refractivity contribution in [2.24, 2.45) is 0 Å². The monoisotopic (exact) mass is 310 g/mol. The van der Waals surface area contributed by atoms with Crippen molar-refractivity contribution in [3.8, 4) is 6.07 Å². The van der Waals surface area contributed by atoms with E-state index in [1.165, 1.54) is 11.1 Å². The molecular formula is C18H18N2OS. The second-order valence-corrected chi connectivity index (χ2v) is 6.59. The van der Waals surface area contributed by atoms with Gasteiger partial charge in [0.2, 0.25) is 5.91 Å². The van der Waals surface area contributed by atoms with Crippen LogP contribution in [0.1, 0.15) is 23.6 Å². The molecule has 0 saturated heterocycles. The van der Waals surface area contributed by atoms with E-state index < -0.39 is 0 Å². The Labute approximate surface area is 135 Å². The number of hydrogen-bond donors (Lipinski definition) is 1. The van der Waals surface area contributed by atoms with Gasteiger partial charge in [-0.2, -0.15) is 5.26 Å². The lowest BCUT2D eigenvalue weighted by molar-refractivity contribution is -0.115. The van der Waals surface area contributed by atoms with Crippen molar-refractivity contribution >= 4 is 23.4 Å². The summed E-state index contributed by atoms with van der Waals surface area (Å²) in [6.45, 7) is 6.01. The molecule has 0 bridgehead atoms. The van der Waals surface area contributed by atoms with Crippen LogP contribution >= 0.6 is 11.8 Å². The predicted octanol–water partition coefficient (Wildman–Crippen LogP) is 4.29. The van der Waals surface area contributed by atoms with Gasteiger partial charge >= 0.3 is 0 Å². The molecule has 0 aliphatic rings. The zero-order valence-electron chi connectivity index (χ0n) is 12.9. The van der Waals surface area contributed by atoms with E-state index in [1.54, 1.807) is 36.0 Å². The molecule has 0 spiro atoms. The van der Waals surface area contributed by atoms with E-state index in [2.05, 4.69) is 43.4 Å². The normalized spacial score (nSPS) is 11.5. The van der Waals surface area contributed by atoms with Crippen LogP contribution < -0.4 is 5.32 Å². The number of anilines is 1. The van der Waals surface area contributed by atoms with Crippen molar-refractivity contribution in [3.63, 3.8) is 0 Å². The van der Waals surface area contributed by atoms with E-state index in [-0.39, 0.29) is 11.2 Å². The van der Waals surface area contributed by atoms with Crippen LogP contribution in [0, 0.1) is 25.2 Å². The number of amides is 1. The summed E-state index contributed by atoms with van der Waals surface area (Å²) in [6.07, 6.45) is 0. The number of nitriles is 1. The second kappa shape index (κ2) is 7.15. The Hall–Kier alpha value is -2.25. The number of thioether (sulfide) groups is 1. The molecule has 0 aliphatic heterocycles. The van der Waals surface area contributed by atoms with Gasteiger partial charge in [0.25, 0.3) is 0 Å². The van der Waals surface area contributed by atoms with Gasteiger partial charge in [-0.05, 0) is 56.7 Å². The largest absolute Gasteiger partial charge is 0.325 e. The number of carbonyl (C=O) groups excluding carboxylic acids is 1. The van der Waals surface area contributed by atoms with Crippen molar-refractivity contribution in [1.82, 2.24) is 0 Å². The quantitative estimate of drug-likeness (QED) is 0.857. The van der Waals surface area contributed by atoms with E-state index >= 15 is 0 Å².